The van der Waals surface area contributed by atoms with Gasteiger partial charge in [-0.05, 0) is 39.6 Å². The van der Waals surface area contributed by atoms with Gasteiger partial charge in [-0.1, -0.05) is 58.1 Å². The van der Waals surface area contributed by atoms with Crippen LogP contribution in [0.15, 0.2) is 36.1 Å². The zero-order chi connectivity index (χ0) is 13.1. The molecule has 0 amide bonds. The van der Waals surface area contributed by atoms with Crippen molar-refractivity contribution in [2.75, 3.05) is 28.2 Å². The van der Waals surface area contributed by atoms with Gasteiger partial charge >= 0.3 is 0 Å². The number of benzene rings is 1. The Morgan fingerprint density at radius 2 is 1.59 bits per heavy atom. The van der Waals surface area contributed by atoms with Crippen molar-refractivity contribution in [2.24, 2.45) is 0 Å². The first-order chi connectivity index (χ1) is 7.88. The van der Waals surface area contributed by atoms with Gasteiger partial charge in [-0.15, -0.1) is 0 Å². The second kappa shape index (κ2) is 6.26. The summed E-state index contributed by atoms with van der Waals surface area (Å²) in [5.41, 5.74) is 1.16. The molecule has 0 radical (unpaired) electrons. The van der Waals surface area contributed by atoms with Crippen LogP contribution in [0.2, 0.25) is 0 Å². The largest absolute Gasteiger partial charge is 0.267 e. The molecule has 0 spiro atoms. The molecule has 5 heteroatoms. The number of hydrogen-bond donors (Lipinski definition) is 0. The third kappa shape index (κ3) is 3.73. The van der Waals surface area contributed by atoms with Crippen molar-refractivity contribution in [3.05, 3.63) is 41.7 Å². The second-order valence-electron chi connectivity index (χ2n) is 4.13. The predicted molar refractivity (Wildman–Crippen MR) is 85.0 cm³/mol. The molecule has 94 valence electrons. The van der Waals surface area contributed by atoms with Gasteiger partial charge < -0.3 is 0 Å². The summed E-state index contributed by atoms with van der Waals surface area (Å²) in [4.78, 5) is 0. The summed E-state index contributed by atoms with van der Waals surface area (Å²) in [6, 6.07) is 10.2. The first-order valence-corrected chi connectivity index (χ1v) is 8.84. The summed E-state index contributed by atoms with van der Waals surface area (Å²) in [6.45, 7) is 0. The minimum atomic E-state index is -1.79. The molecular formula is C12H18BrN2PS. The minimum absolute atomic E-state index is 1.06. The first kappa shape index (κ1) is 15.1. The third-order valence-corrected chi connectivity index (χ3v) is 8.68. The van der Waals surface area contributed by atoms with E-state index in [9.17, 15) is 0 Å². The molecule has 17 heavy (non-hydrogen) atoms. The van der Waals surface area contributed by atoms with Crippen LogP contribution in [0.5, 0.6) is 0 Å². The van der Waals surface area contributed by atoms with Gasteiger partial charge in [0.1, 0.15) is 0 Å². The molecule has 0 fully saturated rings. The molecule has 0 aliphatic carbocycles. The van der Waals surface area contributed by atoms with Crippen LogP contribution in [0.3, 0.4) is 0 Å². The molecule has 2 nitrogen and oxygen atoms in total. The summed E-state index contributed by atoms with van der Waals surface area (Å²) in [6.07, 6.45) is -1.79. The normalized spacial score (nSPS) is 13.5. The standard InChI is InChI=1S/C12H18BrN2PS/c1-14(2)16(17,15(3)4)10-12(13)11-8-6-5-7-9-11/h5-10H,1-4H3. The lowest BCUT2D eigenvalue weighted by Gasteiger charge is -2.32. The topological polar surface area (TPSA) is 6.48 Å². The van der Waals surface area contributed by atoms with E-state index in [0.29, 0.717) is 0 Å². The van der Waals surface area contributed by atoms with Crippen LogP contribution in [0, 0.1) is 0 Å². The van der Waals surface area contributed by atoms with E-state index in [1.807, 2.05) is 46.4 Å². The van der Waals surface area contributed by atoms with E-state index in [2.05, 4.69) is 43.2 Å². The Labute approximate surface area is 118 Å². The monoisotopic (exact) mass is 332 g/mol. The van der Waals surface area contributed by atoms with Crippen molar-refractivity contribution >= 4 is 38.6 Å². The molecule has 0 aromatic heterocycles. The Morgan fingerprint density at radius 1 is 1.12 bits per heavy atom. The highest BCUT2D eigenvalue weighted by Crippen LogP contribution is 2.53. The maximum Gasteiger partial charge on any atom is 0.0996 e. The Morgan fingerprint density at radius 3 is 2.00 bits per heavy atom. The summed E-state index contributed by atoms with van der Waals surface area (Å²) >= 11 is 9.41. The van der Waals surface area contributed by atoms with Crippen molar-refractivity contribution < 1.29 is 0 Å². The highest BCUT2D eigenvalue weighted by Gasteiger charge is 2.20. The fourth-order valence-corrected chi connectivity index (χ4v) is 4.87. The van der Waals surface area contributed by atoms with Crippen LogP contribution >= 0.6 is 22.3 Å². The fourth-order valence-electron chi connectivity index (χ4n) is 1.41. The van der Waals surface area contributed by atoms with Gasteiger partial charge in [-0.2, -0.15) is 0 Å². The molecule has 1 rings (SSSR count). The lowest BCUT2D eigenvalue weighted by atomic mass is 10.2. The molecule has 0 aliphatic rings. The minimum Gasteiger partial charge on any atom is -0.267 e. The smallest absolute Gasteiger partial charge is 0.0996 e. The summed E-state index contributed by atoms with van der Waals surface area (Å²) in [5.74, 6) is 2.15. The van der Waals surface area contributed by atoms with E-state index in [1.165, 1.54) is 0 Å². The maximum absolute atomic E-state index is 5.78. The summed E-state index contributed by atoms with van der Waals surface area (Å²) in [7, 11) is 8.12. The average molecular weight is 333 g/mol. The molecule has 0 saturated heterocycles. The molecule has 1 aromatic rings. The SMILES string of the molecule is CN(C)P(=S)(C=C(Br)c1ccccc1)N(C)C. The average Bonchev–Trinajstić information content (AvgIpc) is 2.29. The molecule has 0 N–H and O–H groups in total. The van der Waals surface area contributed by atoms with Crippen LogP contribution in [-0.2, 0) is 11.8 Å². The highest BCUT2D eigenvalue weighted by molar-refractivity contribution is 9.15. The molecule has 0 unspecified atom stereocenters. The molecule has 0 aliphatic heterocycles. The molecule has 1 aromatic carbocycles. The van der Waals surface area contributed by atoms with Gasteiger partial charge in [0.25, 0.3) is 0 Å². The van der Waals surface area contributed by atoms with E-state index in [1.54, 1.807) is 0 Å². The van der Waals surface area contributed by atoms with Crippen molar-refractivity contribution in [1.82, 2.24) is 9.34 Å². The second-order valence-corrected chi connectivity index (χ2v) is 9.63. The highest BCUT2D eigenvalue weighted by atomic mass is 79.9. The van der Waals surface area contributed by atoms with Gasteiger partial charge in [0.2, 0.25) is 0 Å². The van der Waals surface area contributed by atoms with Crippen LogP contribution in [-0.4, -0.2) is 37.5 Å². The zero-order valence-electron chi connectivity index (χ0n) is 10.6. The predicted octanol–water partition coefficient (Wildman–Crippen LogP) is 3.81. The number of rotatable bonds is 4. The lowest BCUT2D eigenvalue weighted by Crippen LogP contribution is -2.19. The Kier molecular flexibility index (Phi) is 5.55. The van der Waals surface area contributed by atoms with Crippen molar-refractivity contribution in [3.63, 3.8) is 0 Å². The van der Waals surface area contributed by atoms with E-state index in [0.717, 1.165) is 10.0 Å². The fraction of sp³-hybridized carbons (Fsp3) is 0.333. The molecule has 0 saturated carbocycles. The molecule has 0 heterocycles. The van der Waals surface area contributed by atoms with Crippen molar-refractivity contribution in [3.8, 4) is 0 Å². The summed E-state index contributed by atoms with van der Waals surface area (Å²) < 4.78 is 5.29. The van der Waals surface area contributed by atoms with E-state index < -0.39 is 6.34 Å². The van der Waals surface area contributed by atoms with Crippen LogP contribution < -0.4 is 0 Å². The molecule has 0 atom stereocenters. The molecular weight excluding hydrogens is 315 g/mol. The van der Waals surface area contributed by atoms with Crippen molar-refractivity contribution in [2.45, 2.75) is 0 Å². The zero-order valence-corrected chi connectivity index (χ0v) is 13.9. The van der Waals surface area contributed by atoms with Crippen molar-refractivity contribution in [1.29, 1.82) is 0 Å². The van der Waals surface area contributed by atoms with E-state index >= 15 is 0 Å². The van der Waals surface area contributed by atoms with Crippen LogP contribution in [0.4, 0.5) is 0 Å². The van der Waals surface area contributed by atoms with Gasteiger partial charge in [0, 0.05) is 4.48 Å². The quantitative estimate of drug-likeness (QED) is 0.774. The Bertz CT molecular complexity index is 431. The lowest BCUT2D eigenvalue weighted by molar-refractivity contribution is 0.581. The van der Waals surface area contributed by atoms with Gasteiger partial charge in [0.05, 0.1) is 6.34 Å². The first-order valence-electron chi connectivity index (χ1n) is 5.27. The molecule has 0 bridgehead atoms. The van der Waals surface area contributed by atoms with Crippen LogP contribution in [0.25, 0.3) is 4.48 Å². The van der Waals surface area contributed by atoms with Crippen LogP contribution in [0.1, 0.15) is 5.56 Å². The number of hydrogen-bond acceptors (Lipinski definition) is 1. The maximum atomic E-state index is 5.78. The van der Waals surface area contributed by atoms with Gasteiger partial charge in [-0.25, -0.2) is 0 Å². The number of nitrogens with zero attached hydrogens (tertiary/aromatic N) is 2. The van der Waals surface area contributed by atoms with E-state index in [4.69, 9.17) is 11.8 Å². The number of halogens is 1. The Hall–Kier alpha value is 0.01000. The van der Waals surface area contributed by atoms with Gasteiger partial charge in [-0.3, -0.25) is 9.34 Å². The van der Waals surface area contributed by atoms with Gasteiger partial charge in [0.15, 0.2) is 0 Å². The third-order valence-electron chi connectivity index (χ3n) is 2.48. The van der Waals surface area contributed by atoms with E-state index in [-0.39, 0.29) is 0 Å². The summed E-state index contributed by atoms with van der Waals surface area (Å²) in [5, 5.41) is 0. The Balaban J connectivity index is 3.13.